The number of benzene rings is 2. The maximum Gasteiger partial charge on any atom is 0.243 e. The number of rotatable bonds is 9. The zero-order valence-electron chi connectivity index (χ0n) is 20.0. The molecule has 1 aliphatic heterocycles. The molecule has 1 fully saturated rings. The number of pyridine rings is 1. The van der Waals surface area contributed by atoms with E-state index in [9.17, 15) is 14.4 Å². The number of aldehydes is 1. The second-order valence-corrected chi connectivity index (χ2v) is 9.24. The maximum absolute atomic E-state index is 12.2. The fourth-order valence-corrected chi connectivity index (χ4v) is 4.44. The third-order valence-corrected chi connectivity index (χ3v) is 6.46. The highest BCUT2D eigenvalue weighted by molar-refractivity contribution is 6.30. The summed E-state index contributed by atoms with van der Waals surface area (Å²) >= 11 is 6.13. The van der Waals surface area contributed by atoms with E-state index in [4.69, 9.17) is 11.6 Å². The van der Waals surface area contributed by atoms with Crippen LogP contribution in [0.1, 0.15) is 40.0 Å². The number of carbonyl (C=O) groups excluding carboxylic acids is 3. The lowest BCUT2D eigenvalue weighted by Crippen LogP contribution is -2.51. The molecule has 1 saturated heterocycles. The molecule has 0 bridgehead atoms. The van der Waals surface area contributed by atoms with E-state index < -0.39 is 6.04 Å². The van der Waals surface area contributed by atoms with Crippen molar-refractivity contribution in [2.45, 2.75) is 32.0 Å². The Morgan fingerprint density at radius 2 is 2.00 bits per heavy atom. The van der Waals surface area contributed by atoms with Crippen LogP contribution in [0.5, 0.6) is 0 Å². The third-order valence-electron chi connectivity index (χ3n) is 6.23. The minimum Gasteiger partial charge on any atom is -0.380 e. The summed E-state index contributed by atoms with van der Waals surface area (Å²) in [6, 6.07) is 16.7. The molecule has 2 aromatic carbocycles. The van der Waals surface area contributed by atoms with Gasteiger partial charge in [0.2, 0.25) is 11.8 Å². The van der Waals surface area contributed by atoms with E-state index in [0.717, 1.165) is 34.2 Å². The first kappa shape index (κ1) is 25.3. The molecule has 0 aliphatic carbocycles. The topological polar surface area (TPSA) is 91.4 Å². The largest absolute Gasteiger partial charge is 0.380 e. The van der Waals surface area contributed by atoms with Crippen LogP contribution in [0.2, 0.25) is 5.02 Å². The SMILES string of the molecule is C=C(NCc1ccc(C=O)c(CN(C)C2CCC(=O)NC2=O)c1)c1cc(-c2cccc(Cl)c2)ccn1. The van der Waals surface area contributed by atoms with Gasteiger partial charge in [0, 0.05) is 36.3 Å². The van der Waals surface area contributed by atoms with Crippen LogP contribution in [-0.2, 0) is 22.7 Å². The lowest BCUT2D eigenvalue weighted by atomic mass is 10.0. The summed E-state index contributed by atoms with van der Waals surface area (Å²) in [5.41, 5.74) is 5.69. The van der Waals surface area contributed by atoms with Gasteiger partial charge >= 0.3 is 0 Å². The molecule has 0 radical (unpaired) electrons. The minimum absolute atomic E-state index is 0.251. The Labute approximate surface area is 215 Å². The first-order valence-electron chi connectivity index (χ1n) is 11.6. The number of halogens is 1. The van der Waals surface area contributed by atoms with Gasteiger partial charge in [0.25, 0.3) is 0 Å². The lowest BCUT2D eigenvalue weighted by molar-refractivity contribution is -0.137. The van der Waals surface area contributed by atoms with Gasteiger partial charge in [0.15, 0.2) is 0 Å². The van der Waals surface area contributed by atoms with Gasteiger partial charge in [-0.1, -0.05) is 48.5 Å². The Morgan fingerprint density at radius 1 is 1.19 bits per heavy atom. The highest BCUT2D eigenvalue weighted by Crippen LogP contribution is 2.24. The first-order chi connectivity index (χ1) is 17.3. The summed E-state index contributed by atoms with van der Waals surface area (Å²) in [6.45, 7) is 5.02. The predicted molar refractivity (Wildman–Crippen MR) is 140 cm³/mol. The van der Waals surface area contributed by atoms with Crippen molar-refractivity contribution in [1.82, 2.24) is 20.5 Å². The van der Waals surface area contributed by atoms with E-state index >= 15 is 0 Å². The van der Waals surface area contributed by atoms with Crippen molar-refractivity contribution >= 4 is 35.4 Å². The third kappa shape index (κ3) is 6.05. The van der Waals surface area contributed by atoms with Crippen molar-refractivity contribution in [3.8, 4) is 11.1 Å². The van der Waals surface area contributed by atoms with Crippen LogP contribution in [0, 0.1) is 0 Å². The molecule has 1 unspecified atom stereocenters. The van der Waals surface area contributed by atoms with Gasteiger partial charge in [-0.25, -0.2) is 0 Å². The van der Waals surface area contributed by atoms with E-state index in [1.165, 1.54) is 0 Å². The normalized spacial score (nSPS) is 15.5. The quantitative estimate of drug-likeness (QED) is 0.336. The van der Waals surface area contributed by atoms with Crippen molar-refractivity contribution in [1.29, 1.82) is 0 Å². The Hall–Kier alpha value is -3.81. The summed E-state index contributed by atoms with van der Waals surface area (Å²) in [6.07, 6.45) is 3.31. The Morgan fingerprint density at radius 3 is 2.75 bits per heavy atom. The number of amides is 2. The van der Waals surface area contributed by atoms with E-state index in [-0.39, 0.29) is 11.8 Å². The van der Waals surface area contributed by atoms with Crippen LogP contribution in [0.15, 0.2) is 67.4 Å². The number of piperidine rings is 1. The molecule has 1 aliphatic rings. The molecule has 0 saturated carbocycles. The van der Waals surface area contributed by atoms with Crippen molar-refractivity contribution in [3.05, 3.63) is 94.8 Å². The molecule has 3 aromatic rings. The molecule has 2 heterocycles. The Kier molecular flexibility index (Phi) is 7.93. The zero-order valence-corrected chi connectivity index (χ0v) is 20.7. The van der Waals surface area contributed by atoms with Crippen LogP contribution >= 0.6 is 11.6 Å². The van der Waals surface area contributed by atoms with Gasteiger partial charge in [0.05, 0.1) is 17.4 Å². The van der Waals surface area contributed by atoms with Crippen LogP contribution in [0.4, 0.5) is 0 Å². The first-order valence-corrected chi connectivity index (χ1v) is 12.0. The molecular formula is C28H27ClN4O3. The van der Waals surface area contributed by atoms with Crippen LogP contribution in [0.25, 0.3) is 16.8 Å². The number of imide groups is 1. The summed E-state index contributed by atoms with van der Waals surface area (Å²) in [7, 11) is 1.82. The standard InChI is InChI=1S/C28H27ClN4O3/c1-18(25-14-21(10-11-30-25)20-4-3-5-24(29)13-20)31-15-19-6-7-22(17-34)23(12-19)16-33(2)26-8-9-27(35)32-28(26)36/h3-7,10-14,17,26,31H,1,8-9,15-16H2,2H3,(H,32,35,36). The molecule has 8 heteroatoms. The van der Waals surface area contributed by atoms with Crippen molar-refractivity contribution in [2.75, 3.05) is 7.05 Å². The zero-order chi connectivity index (χ0) is 25.7. The monoisotopic (exact) mass is 502 g/mol. The van der Waals surface area contributed by atoms with Gasteiger partial charge in [-0.15, -0.1) is 0 Å². The smallest absolute Gasteiger partial charge is 0.243 e. The Balaban J connectivity index is 1.44. The van der Waals surface area contributed by atoms with Gasteiger partial charge in [0.1, 0.15) is 6.29 Å². The molecule has 0 spiro atoms. The molecule has 1 aromatic heterocycles. The molecule has 4 rings (SSSR count). The number of likely N-dealkylation sites (N-methyl/N-ethyl adjacent to an activating group) is 1. The molecule has 2 amide bonds. The summed E-state index contributed by atoms with van der Waals surface area (Å²) in [4.78, 5) is 41.6. The fourth-order valence-electron chi connectivity index (χ4n) is 4.25. The molecule has 7 nitrogen and oxygen atoms in total. The summed E-state index contributed by atoms with van der Waals surface area (Å²) in [5.74, 6) is -0.554. The number of hydrogen-bond acceptors (Lipinski definition) is 6. The number of hydrogen-bond donors (Lipinski definition) is 2. The number of nitrogens with one attached hydrogen (secondary N) is 2. The van der Waals surface area contributed by atoms with E-state index in [0.29, 0.717) is 42.2 Å². The predicted octanol–water partition coefficient (Wildman–Crippen LogP) is 4.21. The fraction of sp³-hybridized carbons (Fsp3) is 0.214. The van der Waals surface area contributed by atoms with Gasteiger partial charge in [-0.2, -0.15) is 0 Å². The van der Waals surface area contributed by atoms with Crippen molar-refractivity contribution in [2.24, 2.45) is 0 Å². The molecule has 36 heavy (non-hydrogen) atoms. The number of carbonyl (C=O) groups is 3. The average molecular weight is 503 g/mol. The molecular weight excluding hydrogens is 476 g/mol. The van der Waals surface area contributed by atoms with Crippen LogP contribution in [0.3, 0.4) is 0 Å². The minimum atomic E-state index is -0.415. The number of aromatic nitrogens is 1. The molecule has 1 atom stereocenters. The second-order valence-electron chi connectivity index (χ2n) is 8.81. The number of nitrogens with zero attached hydrogens (tertiary/aromatic N) is 2. The second kappa shape index (κ2) is 11.3. The average Bonchev–Trinajstić information content (AvgIpc) is 2.87. The van der Waals surface area contributed by atoms with Crippen molar-refractivity contribution in [3.63, 3.8) is 0 Å². The maximum atomic E-state index is 12.2. The molecule has 184 valence electrons. The van der Waals surface area contributed by atoms with Crippen molar-refractivity contribution < 1.29 is 14.4 Å². The van der Waals surface area contributed by atoms with E-state index in [1.54, 1.807) is 12.3 Å². The highest BCUT2D eigenvalue weighted by atomic mass is 35.5. The van der Waals surface area contributed by atoms with Gasteiger partial charge in [-0.3, -0.25) is 29.6 Å². The van der Waals surface area contributed by atoms with Crippen LogP contribution in [-0.4, -0.2) is 41.1 Å². The van der Waals surface area contributed by atoms with Gasteiger partial charge < -0.3 is 5.32 Å². The van der Waals surface area contributed by atoms with Gasteiger partial charge in [-0.05, 0) is 60.0 Å². The molecule has 2 N–H and O–H groups in total. The Bertz CT molecular complexity index is 1320. The van der Waals surface area contributed by atoms with E-state index in [2.05, 4.69) is 22.2 Å². The van der Waals surface area contributed by atoms with E-state index in [1.807, 2.05) is 60.5 Å². The van der Waals surface area contributed by atoms with Crippen LogP contribution < -0.4 is 10.6 Å². The summed E-state index contributed by atoms with van der Waals surface area (Å²) in [5, 5.41) is 6.36. The highest BCUT2D eigenvalue weighted by Gasteiger charge is 2.30. The lowest BCUT2D eigenvalue weighted by Gasteiger charge is -2.30. The summed E-state index contributed by atoms with van der Waals surface area (Å²) < 4.78 is 0.